The number of carbonyl (C=O) groups excluding carboxylic acids is 1. The zero-order valence-corrected chi connectivity index (χ0v) is 22.5. The second-order valence-electron chi connectivity index (χ2n) is 9.21. The molecule has 0 bridgehead atoms. The number of hydrogen-bond acceptors (Lipinski definition) is 8. The summed E-state index contributed by atoms with van der Waals surface area (Å²) in [6, 6.07) is 13.5. The maximum atomic E-state index is 14.9. The topological polar surface area (TPSA) is 92.1 Å². The number of nitrogens with zero attached hydrogens (tertiary/aromatic N) is 2. The molecule has 0 fully saturated rings. The molecule has 3 aromatic rings. The van der Waals surface area contributed by atoms with Crippen LogP contribution in [0.4, 0.5) is 4.39 Å². The summed E-state index contributed by atoms with van der Waals surface area (Å²) in [7, 11) is 1.47. The predicted octanol–water partition coefficient (Wildman–Crippen LogP) is 5.97. The molecule has 0 aliphatic rings. The first-order valence-corrected chi connectivity index (χ1v) is 12.9. The van der Waals surface area contributed by atoms with Gasteiger partial charge in [0.2, 0.25) is 5.88 Å². The average Bonchev–Trinajstić information content (AvgIpc) is 2.87. The Kier molecular flexibility index (Phi) is 10.0. The van der Waals surface area contributed by atoms with Gasteiger partial charge in [-0.15, -0.1) is 0 Å². The number of pyridine rings is 1. The SMILES string of the molecule is COc1cc(-c2ccc(C(=O)Oc3cccc([C@H](O)CSO)c3)cc2CN(C(C)C)C(C)C)c(F)cn1. The minimum absolute atomic E-state index is 0.0980. The summed E-state index contributed by atoms with van der Waals surface area (Å²) in [5, 5.41) is 10.1. The number of benzene rings is 2. The maximum absolute atomic E-state index is 14.9. The summed E-state index contributed by atoms with van der Waals surface area (Å²) in [6.45, 7) is 8.83. The first-order valence-electron chi connectivity index (χ1n) is 12.0. The number of hydrogen-bond donors (Lipinski definition) is 2. The number of halogens is 1. The lowest BCUT2D eigenvalue weighted by atomic mass is 9.96. The van der Waals surface area contributed by atoms with Crippen LogP contribution in [0.1, 0.15) is 55.3 Å². The number of esters is 1. The van der Waals surface area contributed by atoms with Crippen LogP contribution in [-0.4, -0.2) is 50.5 Å². The van der Waals surface area contributed by atoms with E-state index in [1.165, 1.54) is 7.11 Å². The van der Waals surface area contributed by atoms with E-state index in [0.29, 0.717) is 40.8 Å². The molecule has 0 spiro atoms. The molecular formula is C28H33FN2O5S. The summed E-state index contributed by atoms with van der Waals surface area (Å²) >= 11 is 0.534. The van der Waals surface area contributed by atoms with Crippen molar-refractivity contribution in [3.05, 3.63) is 77.2 Å². The van der Waals surface area contributed by atoms with E-state index in [-0.39, 0.29) is 29.5 Å². The molecule has 2 N–H and O–H groups in total. The van der Waals surface area contributed by atoms with Crippen LogP contribution >= 0.6 is 12.0 Å². The van der Waals surface area contributed by atoms with Crippen molar-refractivity contribution in [2.24, 2.45) is 0 Å². The molecule has 2 aromatic carbocycles. The number of aromatic nitrogens is 1. The molecule has 0 unspecified atom stereocenters. The first-order chi connectivity index (χ1) is 17.6. The van der Waals surface area contributed by atoms with Crippen molar-refractivity contribution in [3.8, 4) is 22.8 Å². The third kappa shape index (κ3) is 7.29. The molecule has 0 radical (unpaired) electrons. The minimum atomic E-state index is -0.898. The van der Waals surface area contributed by atoms with Gasteiger partial charge in [0.05, 0.1) is 25.0 Å². The van der Waals surface area contributed by atoms with Gasteiger partial charge in [0.1, 0.15) is 11.6 Å². The molecule has 3 rings (SSSR count). The van der Waals surface area contributed by atoms with Crippen LogP contribution < -0.4 is 9.47 Å². The number of aliphatic hydroxyl groups is 1. The molecule has 1 aromatic heterocycles. The number of carbonyl (C=O) groups is 1. The standard InChI is InChI=1S/C28H33FN2O5S/c1-17(2)31(18(3)4)15-21-11-20(9-10-23(21)24-13-27(35-5)30-14-25(24)29)28(33)36-22-8-6-7-19(12-22)26(32)16-37-34/h6-14,17-18,26,32,34H,15-16H2,1-5H3/t26-/m1/s1. The van der Waals surface area contributed by atoms with Crippen molar-refractivity contribution in [1.82, 2.24) is 9.88 Å². The molecule has 198 valence electrons. The van der Waals surface area contributed by atoms with E-state index in [1.807, 2.05) is 0 Å². The highest BCUT2D eigenvalue weighted by Gasteiger charge is 2.21. The van der Waals surface area contributed by atoms with Gasteiger partial charge < -0.3 is 19.1 Å². The highest BCUT2D eigenvalue weighted by molar-refractivity contribution is 7.93. The predicted molar refractivity (Wildman–Crippen MR) is 143 cm³/mol. The van der Waals surface area contributed by atoms with Gasteiger partial charge in [0.25, 0.3) is 0 Å². The van der Waals surface area contributed by atoms with Crippen molar-refractivity contribution < 1.29 is 28.3 Å². The Balaban J connectivity index is 2.00. The fourth-order valence-electron chi connectivity index (χ4n) is 4.13. The Labute approximate surface area is 221 Å². The van der Waals surface area contributed by atoms with E-state index in [0.717, 1.165) is 11.8 Å². The minimum Gasteiger partial charge on any atom is -0.481 e. The summed E-state index contributed by atoms with van der Waals surface area (Å²) < 4.78 is 34.7. The van der Waals surface area contributed by atoms with Gasteiger partial charge in [-0.1, -0.05) is 18.2 Å². The van der Waals surface area contributed by atoms with Gasteiger partial charge in [0, 0.05) is 36.0 Å². The zero-order chi connectivity index (χ0) is 27.1. The van der Waals surface area contributed by atoms with Crippen molar-refractivity contribution in [2.75, 3.05) is 12.9 Å². The quantitative estimate of drug-likeness (QED) is 0.179. The molecular weight excluding hydrogens is 495 g/mol. The Hall–Kier alpha value is -2.98. The number of ether oxygens (including phenoxy) is 2. The van der Waals surface area contributed by atoms with Gasteiger partial charge in [0.15, 0.2) is 0 Å². The van der Waals surface area contributed by atoms with E-state index in [4.69, 9.17) is 14.0 Å². The second kappa shape index (κ2) is 13.0. The van der Waals surface area contributed by atoms with E-state index in [2.05, 4.69) is 37.6 Å². The fraction of sp³-hybridized carbons (Fsp3) is 0.357. The monoisotopic (exact) mass is 528 g/mol. The van der Waals surface area contributed by atoms with Crippen LogP contribution in [0.15, 0.2) is 54.7 Å². The summed E-state index contributed by atoms with van der Waals surface area (Å²) in [6.07, 6.45) is 0.226. The van der Waals surface area contributed by atoms with Gasteiger partial charge in [-0.2, -0.15) is 0 Å². The molecule has 0 aliphatic heterocycles. The van der Waals surface area contributed by atoms with Crippen LogP contribution in [-0.2, 0) is 6.54 Å². The smallest absolute Gasteiger partial charge is 0.343 e. The highest BCUT2D eigenvalue weighted by atomic mass is 32.2. The van der Waals surface area contributed by atoms with Crippen LogP contribution in [0.25, 0.3) is 11.1 Å². The molecule has 0 aliphatic carbocycles. The van der Waals surface area contributed by atoms with E-state index in [1.54, 1.807) is 48.5 Å². The number of methoxy groups -OCH3 is 1. The first kappa shape index (κ1) is 28.6. The third-order valence-electron chi connectivity index (χ3n) is 6.04. The lowest BCUT2D eigenvalue weighted by Crippen LogP contribution is -2.36. The second-order valence-corrected chi connectivity index (χ2v) is 9.80. The molecule has 9 heteroatoms. The summed E-state index contributed by atoms with van der Waals surface area (Å²) in [4.78, 5) is 19.3. The molecule has 1 heterocycles. The Morgan fingerprint density at radius 1 is 1.08 bits per heavy atom. The molecule has 1 atom stereocenters. The van der Waals surface area contributed by atoms with Crippen LogP contribution in [0.2, 0.25) is 0 Å². The lowest BCUT2D eigenvalue weighted by Gasteiger charge is -2.31. The van der Waals surface area contributed by atoms with E-state index >= 15 is 0 Å². The fourth-order valence-corrected chi connectivity index (χ4v) is 4.46. The zero-order valence-electron chi connectivity index (χ0n) is 21.6. The van der Waals surface area contributed by atoms with Crippen molar-refractivity contribution in [2.45, 2.75) is 52.4 Å². The van der Waals surface area contributed by atoms with Crippen molar-refractivity contribution >= 4 is 18.0 Å². The van der Waals surface area contributed by atoms with Gasteiger partial charge in [-0.25, -0.2) is 14.2 Å². The Morgan fingerprint density at radius 2 is 1.81 bits per heavy atom. The molecule has 0 amide bonds. The van der Waals surface area contributed by atoms with Gasteiger partial charge in [-0.3, -0.25) is 4.90 Å². The normalized spacial score (nSPS) is 12.3. The Bertz CT molecular complexity index is 1210. The molecule has 7 nitrogen and oxygen atoms in total. The van der Waals surface area contributed by atoms with Crippen LogP contribution in [0.3, 0.4) is 0 Å². The van der Waals surface area contributed by atoms with Crippen molar-refractivity contribution in [1.29, 1.82) is 0 Å². The summed E-state index contributed by atoms with van der Waals surface area (Å²) in [5.74, 6) is -0.414. The van der Waals surface area contributed by atoms with Crippen molar-refractivity contribution in [3.63, 3.8) is 0 Å². The third-order valence-corrected chi connectivity index (χ3v) is 6.50. The van der Waals surface area contributed by atoms with E-state index in [9.17, 15) is 14.3 Å². The number of rotatable bonds is 11. The molecule has 0 saturated heterocycles. The summed E-state index contributed by atoms with van der Waals surface area (Å²) in [5.41, 5.74) is 2.55. The Morgan fingerprint density at radius 3 is 2.46 bits per heavy atom. The lowest BCUT2D eigenvalue weighted by molar-refractivity contribution is 0.0733. The van der Waals surface area contributed by atoms with Gasteiger partial charge >= 0.3 is 5.97 Å². The maximum Gasteiger partial charge on any atom is 0.343 e. The highest BCUT2D eigenvalue weighted by Crippen LogP contribution is 2.31. The molecule has 0 saturated carbocycles. The van der Waals surface area contributed by atoms with Crippen LogP contribution in [0, 0.1) is 5.82 Å². The largest absolute Gasteiger partial charge is 0.481 e. The number of aliphatic hydroxyl groups excluding tert-OH is 1. The van der Waals surface area contributed by atoms with Crippen LogP contribution in [0.5, 0.6) is 11.6 Å². The molecule has 37 heavy (non-hydrogen) atoms. The average molecular weight is 529 g/mol. The van der Waals surface area contributed by atoms with E-state index < -0.39 is 17.9 Å². The van der Waals surface area contributed by atoms with Gasteiger partial charge in [-0.05, 0) is 80.7 Å².